The third-order valence-electron chi connectivity index (χ3n) is 4.31. The quantitative estimate of drug-likeness (QED) is 0.522. The maximum atomic E-state index is 12.2. The first-order valence-corrected chi connectivity index (χ1v) is 8.68. The topological polar surface area (TPSA) is 72.1 Å². The van der Waals surface area contributed by atoms with Gasteiger partial charge in [-0.25, -0.2) is 4.79 Å². The number of hydrogen-bond acceptors (Lipinski definition) is 5. The third-order valence-corrected chi connectivity index (χ3v) is 4.31. The molecular weight excluding hydrogens is 384 g/mol. The zero-order valence-electron chi connectivity index (χ0n) is 15.8. The number of rotatable bonds is 7. The van der Waals surface area contributed by atoms with Gasteiger partial charge >= 0.3 is 12.8 Å². The minimum Gasteiger partial charge on any atom is -0.449 e. The van der Waals surface area contributed by atoms with Crippen LogP contribution in [0.15, 0.2) is 59.0 Å². The van der Waals surface area contributed by atoms with Gasteiger partial charge in [0.2, 0.25) is 0 Å². The van der Waals surface area contributed by atoms with Crippen molar-refractivity contribution in [3.05, 3.63) is 65.9 Å². The van der Waals surface area contributed by atoms with Crippen molar-refractivity contribution < 1.29 is 32.6 Å². The Morgan fingerprint density at radius 2 is 1.69 bits per heavy atom. The molecule has 0 saturated heterocycles. The molecule has 1 aromatic heterocycles. The van der Waals surface area contributed by atoms with Gasteiger partial charge in [-0.05, 0) is 42.3 Å². The molecule has 0 aliphatic carbocycles. The van der Waals surface area contributed by atoms with E-state index in [1.54, 1.807) is 25.1 Å². The number of ether oxygens (including phenoxy) is 2. The molecule has 3 rings (SSSR count). The third kappa shape index (κ3) is 5.25. The van der Waals surface area contributed by atoms with E-state index in [2.05, 4.69) is 9.47 Å². The fraction of sp³-hybridized carbons (Fsp3) is 0.190. The zero-order valence-corrected chi connectivity index (χ0v) is 15.8. The van der Waals surface area contributed by atoms with E-state index in [9.17, 15) is 13.6 Å². The van der Waals surface area contributed by atoms with Crippen molar-refractivity contribution in [2.24, 2.45) is 0 Å². The number of nitrogens with zero attached hydrogens (tertiary/aromatic N) is 1. The molecular formula is C21H19F2NO5. The highest BCUT2D eigenvalue weighted by Gasteiger charge is 2.13. The van der Waals surface area contributed by atoms with Crippen molar-refractivity contribution in [2.45, 2.75) is 20.1 Å². The molecule has 3 aromatic rings. The highest BCUT2D eigenvalue weighted by molar-refractivity contribution is 5.67. The van der Waals surface area contributed by atoms with Gasteiger partial charge in [0.1, 0.15) is 11.5 Å². The van der Waals surface area contributed by atoms with Gasteiger partial charge in [-0.1, -0.05) is 24.3 Å². The van der Waals surface area contributed by atoms with Crippen LogP contribution in [-0.4, -0.2) is 24.9 Å². The van der Waals surface area contributed by atoms with E-state index in [-0.39, 0.29) is 11.7 Å². The van der Waals surface area contributed by atoms with E-state index >= 15 is 0 Å². The Bertz CT molecular complexity index is 968. The average molecular weight is 403 g/mol. The first kappa shape index (κ1) is 20.2. The van der Waals surface area contributed by atoms with Gasteiger partial charge in [-0.2, -0.15) is 8.78 Å². The van der Waals surface area contributed by atoms with Crippen molar-refractivity contribution in [3.8, 4) is 22.8 Å². The molecule has 0 atom stereocenters. The smallest absolute Gasteiger partial charge is 0.449 e. The second kappa shape index (κ2) is 8.64. The molecule has 0 radical (unpaired) electrons. The average Bonchev–Trinajstić information content (AvgIpc) is 3.00. The summed E-state index contributed by atoms with van der Waals surface area (Å²) < 4.78 is 38.7. The van der Waals surface area contributed by atoms with Gasteiger partial charge in [0.25, 0.3) is 5.95 Å². The van der Waals surface area contributed by atoms with Crippen LogP contribution in [0, 0.1) is 6.92 Å². The highest BCUT2D eigenvalue weighted by atomic mass is 19.3. The number of benzene rings is 2. The van der Waals surface area contributed by atoms with E-state index < -0.39 is 12.8 Å². The van der Waals surface area contributed by atoms with Crippen molar-refractivity contribution in [1.29, 1.82) is 0 Å². The first-order valence-electron chi connectivity index (χ1n) is 8.68. The fourth-order valence-electron chi connectivity index (χ4n) is 2.87. The number of hydrogen-bond donors (Lipinski definition) is 1. The van der Waals surface area contributed by atoms with E-state index in [0.29, 0.717) is 12.3 Å². The summed E-state index contributed by atoms with van der Waals surface area (Å²) in [5.74, 6) is 0.630. The summed E-state index contributed by atoms with van der Waals surface area (Å²) in [5.41, 5.74) is 3.56. The van der Waals surface area contributed by atoms with Crippen molar-refractivity contribution >= 4 is 11.8 Å². The van der Waals surface area contributed by atoms with Crippen LogP contribution in [0.1, 0.15) is 11.3 Å². The molecule has 2 aromatic carbocycles. The van der Waals surface area contributed by atoms with Crippen LogP contribution in [0.2, 0.25) is 0 Å². The van der Waals surface area contributed by atoms with Crippen molar-refractivity contribution in [2.75, 3.05) is 11.9 Å². The Hall–Kier alpha value is -3.55. The Morgan fingerprint density at radius 3 is 2.24 bits per heavy atom. The Kier molecular flexibility index (Phi) is 6.01. The number of aryl methyl sites for hydroxylation is 1. The molecule has 0 unspecified atom stereocenters. The summed E-state index contributed by atoms with van der Waals surface area (Å²) in [6.45, 7) is -0.610. The molecule has 0 fully saturated rings. The number of alkyl halides is 2. The molecule has 8 heteroatoms. The van der Waals surface area contributed by atoms with E-state index in [1.807, 2.05) is 36.2 Å². The number of carbonyl (C=O) groups is 1. The highest BCUT2D eigenvalue weighted by Crippen LogP contribution is 2.27. The van der Waals surface area contributed by atoms with E-state index in [1.165, 1.54) is 12.1 Å². The number of anilines is 1. The molecule has 0 aliphatic rings. The Labute approximate surface area is 165 Å². The van der Waals surface area contributed by atoms with Gasteiger partial charge in [-0.15, -0.1) is 0 Å². The maximum Gasteiger partial charge on any atom is 0.513 e. The van der Waals surface area contributed by atoms with Crippen LogP contribution in [-0.2, 0) is 6.54 Å². The van der Waals surface area contributed by atoms with E-state index in [0.717, 1.165) is 22.4 Å². The van der Waals surface area contributed by atoms with Crippen LogP contribution in [0.25, 0.3) is 11.1 Å². The normalized spacial score (nSPS) is 10.8. The Balaban J connectivity index is 1.68. The molecule has 0 amide bonds. The lowest BCUT2D eigenvalue weighted by Gasteiger charge is -2.19. The fourth-order valence-corrected chi connectivity index (χ4v) is 2.87. The predicted octanol–water partition coefficient (Wildman–Crippen LogP) is 5.55. The molecule has 1 N–H and O–H groups in total. The van der Waals surface area contributed by atoms with Crippen molar-refractivity contribution in [3.63, 3.8) is 0 Å². The van der Waals surface area contributed by atoms with Crippen LogP contribution in [0.5, 0.6) is 11.7 Å². The molecule has 29 heavy (non-hydrogen) atoms. The summed E-state index contributed by atoms with van der Waals surface area (Å²) in [5, 5.41) is 8.67. The number of halogens is 2. The van der Waals surface area contributed by atoms with Crippen LogP contribution < -0.4 is 14.4 Å². The second-order valence-electron chi connectivity index (χ2n) is 6.32. The van der Waals surface area contributed by atoms with Gasteiger partial charge in [0.05, 0.1) is 0 Å². The molecule has 1 heterocycles. The van der Waals surface area contributed by atoms with Crippen molar-refractivity contribution in [1.82, 2.24) is 0 Å². The minimum atomic E-state index is -2.85. The standard InChI is InChI=1S/C21H19F2NO5/c1-13-16(11-19(27-13)29-21(25)26)12-24(2)17-7-3-14(4-8-17)15-5-9-18(10-6-15)28-20(22)23/h3-11,20H,12H2,1-2H3,(H,25,26). The second-order valence-corrected chi connectivity index (χ2v) is 6.32. The number of carboxylic acid groups (broad SMARTS) is 1. The molecule has 0 saturated carbocycles. The lowest BCUT2D eigenvalue weighted by Crippen LogP contribution is -2.16. The van der Waals surface area contributed by atoms with Gasteiger partial charge < -0.3 is 23.9 Å². The monoisotopic (exact) mass is 403 g/mol. The summed E-state index contributed by atoms with van der Waals surface area (Å²) in [6, 6.07) is 15.7. The summed E-state index contributed by atoms with van der Waals surface area (Å²) >= 11 is 0. The van der Waals surface area contributed by atoms with Crippen LogP contribution >= 0.6 is 0 Å². The predicted molar refractivity (Wildman–Crippen MR) is 103 cm³/mol. The van der Waals surface area contributed by atoms with Crippen LogP contribution in [0.3, 0.4) is 0 Å². The molecule has 152 valence electrons. The first-order chi connectivity index (χ1) is 13.8. The summed E-state index contributed by atoms with van der Waals surface area (Å²) in [6.07, 6.45) is -1.43. The SMILES string of the molecule is Cc1oc(OC(=O)O)cc1CN(C)c1ccc(-c2ccc(OC(F)F)cc2)cc1. The lowest BCUT2D eigenvalue weighted by atomic mass is 10.0. The lowest BCUT2D eigenvalue weighted by molar-refractivity contribution is -0.0498. The van der Waals surface area contributed by atoms with Crippen LogP contribution in [0.4, 0.5) is 19.3 Å². The Morgan fingerprint density at radius 1 is 1.10 bits per heavy atom. The molecule has 0 spiro atoms. The van der Waals surface area contributed by atoms with Gasteiger partial charge in [0.15, 0.2) is 0 Å². The molecule has 0 bridgehead atoms. The van der Waals surface area contributed by atoms with Gasteiger partial charge in [0, 0.05) is 30.9 Å². The maximum absolute atomic E-state index is 12.2. The number of furan rings is 1. The summed E-state index contributed by atoms with van der Waals surface area (Å²) in [7, 11) is 1.90. The van der Waals surface area contributed by atoms with Gasteiger partial charge in [-0.3, -0.25) is 0 Å². The largest absolute Gasteiger partial charge is 0.513 e. The molecule has 0 aliphatic heterocycles. The molecule has 6 nitrogen and oxygen atoms in total. The van der Waals surface area contributed by atoms with E-state index in [4.69, 9.17) is 9.52 Å². The summed E-state index contributed by atoms with van der Waals surface area (Å²) in [4.78, 5) is 12.6. The minimum absolute atomic E-state index is 0.0620. The zero-order chi connectivity index (χ0) is 21.0.